The van der Waals surface area contributed by atoms with E-state index in [-0.39, 0.29) is 5.91 Å². The maximum atomic E-state index is 12.2. The molecule has 1 N–H and O–H groups in total. The van der Waals surface area contributed by atoms with Gasteiger partial charge in [0, 0.05) is 24.3 Å². The molecule has 0 aliphatic carbocycles. The maximum absolute atomic E-state index is 12.2. The standard InChI is InChI=1S/C27H26Cl2N4OS/c1-19-10-12-21(13-11-19)30-26(34)9-5-6-16-35-27-32-31-25(17-20-7-3-2-4-8-20)33(27)22-14-15-23(28)24(29)18-22/h2-4,7-8,10-15,18H,5-6,9,16-17H2,1H3,(H,30,34). The molecule has 0 radical (unpaired) electrons. The van der Waals surface area contributed by atoms with Crippen molar-refractivity contribution in [2.75, 3.05) is 11.1 Å². The predicted octanol–water partition coefficient (Wildman–Crippen LogP) is 7.37. The molecule has 0 atom stereocenters. The zero-order valence-corrected chi connectivity index (χ0v) is 21.7. The third-order valence-electron chi connectivity index (χ3n) is 5.43. The van der Waals surface area contributed by atoms with Crippen LogP contribution in [0.3, 0.4) is 0 Å². The highest BCUT2D eigenvalue weighted by atomic mass is 35.5. The molecule has 0 aliphatic heterocycles. The fourth-order valence-corrected chi connectivity index (χ4v) is 4.84. The van der Waals surface area contributed by atoms with E-state index in [1.807, 2.05) is 66.1 Å². The first-order valence-electron chi connectivity index (χ1n) is 11.4. The quantitative estimate of drug-likeness (QED) is 0.173. The van der Waals surface area contributed by atoms with Crippen LogP contribution < -0.4 is 5.32 Å². The Bertz CT molecular complexity index is 1280. The smallest absolute Gasteiger partial charge is 0.224 e. The molecule has 8 heteroatoms. The molecule has 4 rings (SSSR count). The van der Waals surface area contributed by atoms with Crippen LogP contribution >= 0.6 is 35.0 Å². The van der Waals surface area contributed by atoms with Gasteiger partial charge in [0.15, 0.2) is 5.16 Å². The van der Waals surface area contributed by atoms with Gasteiger partial charge in [0.25, 0.3) is 0 Å². The molecule has 1 heterocycles. The van der Waals surface area contributed by atoms with E-state index in [4.69, 9.17) is 23.2 Å². The Balaban J connectivity index is 1.38. The van der Waals surface area contributed by atoms with Gasteiger partial charge in [-0.25, -0.2) is 0 Å². The Morgan fingerprint density at radius 2 is 1.71 bits per heavy atom. The summed E-state index contributed by atoms with van der Waals surface area (Å²) in [5, 5.41) is 13.7. The van der Waals surface area contributed by atoms with Crippen molar-refractivity contribution in [2.24, 2.45) is 0 Å². The number of hydrogen-bond acceptors (Lipinski definition) is 4. The number of aromatic nitrogens is 3. The van der Waals surface area contributed by atoms with Gasteiger partial charge in [-0.1, -0.05) is 83.0 Å². The average Bonchev–Trinajstić information content (AvgIpc) is 3.25. The van der Waals surface area contributed by atoms with Gasteiger partial charge < -0.3 is 5.32 Å². The van der Waals surface area contributed by atoms with Gasteiger partial charge in [-0.2, -0.15) is 0 Å². The fraction of sp³-hybridized carbons (Fsp3) is 0.222. The van der Waals surface area contributed by atoms with Crippen LogP contribution in [0.1, 0.15) is 36.2 Å². The highest BCUT2D eigenvalue weighted by Crippen LogP contribution is 2.29. The molecular weight excluding hydrogens is 499 g/mol. The molecule has 35 heavy (non-hydrogen) atoms. The van der Waals surface area contributed by atoms with Gasteiger partial charge in [-0.15, -0.1) is 10.2 Å². The number of benzene rings is 3. The highest BCUT2D eigenvalue weighted by Gasteiger charge is 2.16. The molecule has 0 aliphatic rings. The largest absolute Gasteiger partial charge is 0.326 e. The molecule has 1 amide bonds. The molecule has 5 nitrogen and oxygen atoms in total. The van der Waals surface area contributed by atoms with E-state index in [9.17, 15) is 4.79 Å². The molecule has 1 aromatic heterocycles. The number of carbonyl (C=O) groups excluding carboxylic acids is 1. The molecule has 0 bridgehead atoms. The van der Waals surface area contributed by atoms with Crippen molar-refractivity contribution < 1.29 is 4.79 Å². The van der Waals surface area contributed by atoms with Crippen LogP contribution in [-0.4, -0.2) is 26.4 Å². The minimum Gasteiger partial charge on any atom is -0.326 e. The lowest BCUT2D eigenvalue weighted by Gasteiger charge is -2.11. The zero-order chi connectivity index (χ0) is 24.6. The van der Waals surface area contributed by atoms with Crippen molar-refractivity contribution in [3.8, 4) is 5.69 Å². The Kier molecular flexibility index (Phi) is 8.85. The molecule has 0 unspecified atom stereocenters. The van der Waals surface area contributed by atoms with E-state index in [1.165, 1.54) is 5.56 Å². The number of unbranched alkanes of at least 4 members (excludes halogenated alkanes) is 1. The van der Waals surface area contributed by atoms with E-state index in [0.717, 1.165) is 46.5 Å². The summed E-state index contributed by atoms with van der Waals surface area (Å²) in [7, 11) is 0. The van der Waals surface area contributed by atoms with Crippen molar-refractivity contribution in [2.45, 2.75) is 37.8 Å². The van der Waals surface area contributed by atoms with Gasteiger partial charge >= 0.3 is 0 Å². The summed E-state index contributed by atoms with van der Waals surface area (Å²) < 4.78 is 2.03. The molecule has 180 valence electrons. The van der Waals surface area contributed by atoms with Gasteiger partial charge in [0.05, 0.1) is 15.7 Å². The summed E-state index contributed by atoms with van der Waals surface area (Å²) in [5.41, 5.74) is 4.02. The number of nitrogens with one attached hydrogen (secondary N) is 1. The summed E-state index contributed by atoms with van der Waals surface area (Å²) in [6.45, 7) is 2.02. The van der Waals surface area contributed by atoms with Gasteiger partial charge in [-0.3, -0.25) is 9.36 Å². The molecule has 0 fully saturated rings. The SMILES string of the molecule is Cc1ccc(NC(=O)CCCCSc2nnc(Cc3ccccc3)n2-c2ccc(Cl)c(Cl)c2)cc1. The molecule has 3 aromatic carbocycles. The molecule has 0 spiro atoms. The number of nitrogens with zero attached hydrogens (tertiary/aromatic N) is 3. The van der Waals surface area contributed by atoms with E-state index >= 15 is 0 Å². The monoisotopic (exact) mass is 524 g/mol. The normalized spacial score (nSPS) is 10.9. The number of anilines is 1. The second kappa shape index (κ2) is 12.2. The molecule has 0 saturated heterocycles. The average molecular weight is 526 g/mol. The van der Waals surface area contributed by atoms with Gasteiger partial charge in [-0.05, 0) is 55.7 Å². The minimum atomic E-state index is 0.0305. The number of carbonyl (C=O) groups is 1. The molecular formula is C27H26Cl2N4OS. The van der Waals surface area contributed by atoms with E-state index in [1.54, 1.807) is 17.8 Å². The van der Waals surface area contributed by atoms with Crippen molar-refractivity contribution >= 4 is 46.6 Å². The van der Waals surface area contributed by atoms with Crippen LogP contribution in [0, 0.1) is 6.92 Å². The van der Waals surface area contributed by atoms with Crippen LogP contribution in [0.5, 0.6) is 0 Å². The van der Waals surface area contributed by atoms with E-state index in [2.05, 4.69) is 27.6 Å². The Hall–Kier alpha value is -2.80. The van der Waals surface area contributed by atoms with Crippen LogP contribution in [0.15, 0.2) is 78.0 Å². The number of rotatable bonds is 10. The van der Waals surface area contributed by atoms with Gasteiger partial charge in [0.1, 0.15) is 5.82 Å². The number of hydrogen-bond donors (Lipinski definition) is 1. The van der Waals surface area contributed by atoms with Crippen LogP contribution in [0.2, 0.25) is 10.0 Å². The lowest BCUT2D eigenvalue weighted by atomic mass is 10.1. The first kappa shape index (κ1) is 25.3. The molecule has 0 saturated carbocycles. The van der Waals surface area contributed by atoms with Crippen LogP contribution in [0.25, 0.3) is 5.69 Å². The first-order chi connectivity index (χ1) is 17.0. The third-order valence-corrected chi connectivity index (χ3v) is 7.19. The lowest BCUT2D eigenvalue weighted by molar-refractivity contribution is -0.116. The lowest BCUT2D eigenvalue weighted by Crippen LogP contribution is -2.11. The highest BCUT2D eigenvalue weighted by molar-refractivity contribution is 7.99. The summed E-state index contributed by atoms with van der Waals surface area (Å²) in [4.78, 5) is 12.2. The number of thioether (sulfide) groups is 1. The number of amides is 1. The van der Waals surface area contributed by atoms with Crippen molar-refractivity contribution in [3.63, 3.8) is 0 Å². The van der Waals surface area contributed by atoms with Crippen LogP contribution in [-0.2, 0) is 11.2 Å². The minimum absolute atomic E-state index is 0.0305. The number of aryl methyl sites for hydroxylation is 1. The van der Waals surface area contributed by atoms with E-state index < -0.39 is 0 Å². The van der Waals surface area contributed by atoms with Crippen LogP contribution in [0.4, 0.5) is 5.69 Å². The van der Waals surface area contributed by atoms with Gasteiger partial charge in [0.2, 0.25) is 5.91 Å². The Morgan fingerprint density at radius 1 is 0.943 bits per heavy atom. The fourth-order valence-electron chi connectivity index (χ4n) is 3.58. The Morgan fingerprint density at radius 3 is 2.46 bits per heavy atom. The Labute approximate surface area is 219 Å². The van der Waals surface area contributed by atoms with Crippen molar-refractivity contribution in [3.05, 3.63) is 99.8 Å². The second-order valence-corrected chi connectivity index (χ2v) is 10.1. The zero-order valence-electron chi connectivity index (χ0n) is 19.4. The summed E-state index contributed by atoms with van der Waals surface area (Å²) in [6.07, 6.45) is 2.80. The van der Waals surface area contributed by atoms with Crippen molar-refractivity contribution in [1.82, 2.24) is 14.8 Å². The van der Waals surface area contributed by atoms with E-state index in [0.29, 0.717) is 22.9 Å². The summed E-state index contributed by atoms with van der Waals surface area (Å²) in [6, 6.07) is 23.5. The van der Waals surface area contributed by atoms with Crippen molar-refractivity contribution in [1.29, 1.82) is 0 Å². The predicted molar refractivity (Wildman–Crippen MR) is 145 cm³/mol. The molecule has 4 aromatic rings. The number of halogens is 2. The first-order valence-corrected chi connectivity index (χ1v) is 13.2. The topological polar surface area (TPSA) is 59.8 Å². The summed E-state index contributed by atoms with van der Waals surface area (Å²) >= 11 is 14.1. The second-order valence-electron chi connectivity index (χ2n) is 8.21. The summed E-state index contributed by atoms with van der Waals surface area (Å²) in [5.74, 6) is 1.68. The maximum Gasteiger partial charge on any atom is 0.224 e. The third kappa shape index (κ3) is 7.10.